The van der Waals surface area contributed by atoms with Crippen molar-refractivity contribution in [1.82, 2.24) is 4.31 Å². The summed E-state index contributed by atoms with van der Waals surface area (Å²) in [4.78, 5) is 0.240. The first-order chi connectivity index (χ1) is 9.32. The second-order valence-corrected chi connectivity index (χ2v) is 6.81. The van der Waals surface area contributed by atoms with E-state index in [4.69, 9.17) is 10.2 Å². The van der Waals surface area contributed by atoms with Crippen LogP contribution in [-0.2, 0) is 16.6 Å². The van der Waals surface area contributed by atoms with E-state index in [0.717, 1.165) is 5.56 Å². The number of nitrogens with two attached hydrogens (primary N) is 1. The van der Waals surface area contributed by atoms with E-state index in [1.165, 1.54) is 23.7 Å². The lowest BCUT2D eigenvalue weighted by atomic mass is 10.1. The number of hydrogen-bond donors (Lipinski definition) is 1. The molecule has 1 aromatic heterocycles. The average molecular weight is 294 g/mol. The summed E-state index contributed by atoms with van der Waals surface area (Å²) in [7, 11) is -2.07. The molecule has 0 unspecified atom stereocenters. The van der Waals surface area contributed by atoms with Crippen LogP contribution in [0.1, 0.15) is 16.9 Å². The van der Waals surface area contributed by atoms with Crippen molar-refractivity contribution in [3.05, 3.63) is 47.4 Å². The number of hydrogen-bond acceptors (Lipinski definition) is 4. The van der Waals surface area contributed by atoms with Gasteiger partial charge >= 0.3 is 0 Å². The van der Waals surface area contributed by atoms with Crippen LogP contribution < -0.4 is 5.73 Å². The van der Waals surface area contributed by atoms with Gasteiger partial charge in [0.05, 0.1) is 17.7 Å². The minimum absolute atomic E-state index is 0.183. The largest absolute Gasteiger partial charge is 0.468 e. The molecule has 5 nitrogen and oxygen atoms in total. The molecule has 6 heteroatoms. The Bertz CT molecular complexity index is 706. The molecule has 108 valence electrons. The SMILES string of the molecule is Cc1cc(N)cc(S(=O)(=O)N(C)Cc2ccco2)c1C. The van der Waals surface area contributed by atoms with Crippen LogP contribution >= 0.6 is 0 Å². The average Bonchev–Trinajstić information content (AvgIpc) is 2.86. The Morgan fingerprint density at radius 2 is 2.00 bits per heavy atom. The predicted octanol–water partition coefficient (Wildman–Crippen LogP) is 2.30. The topological polar surface area (TPSA) is 76.5 Å². The van der Waals surface area contributed by atoms with Crippen LogP contribution in [-0.4, -0.2) is 19.8 Å². The lowest BCUT2D eigenvalue weighted by Gasteiger charge is -2.18. The highest BCUT2D eigenvalue weighted by molar-refractivity contribution is 7.89. The Morgan fingerprint density at radius 3 is 2.60 bits per heavy atom. The molecule has 0 radical (unpaired) electrons. The van der Waals surface area contributed by atoms with Crippen LogP contribution in [0.5, 0.6) is 0 Å². The summed E-state index contributed by atoms with van der Waals surface area (Å²) >= 11 is 0. The second-order valence-electron chi connectivity index (χ2n) is 4.80. The van der Waals surface area contributed by atoms with E-state index in [-0.39, 0.29) is 11.4 Å². The zero-order chi connectivity index (χ0) is 14.9. The Balaban J connectivity index is 2.40. The number of rotatable bonds is 4. The smallest absolute Gasteiger partial charge is 0.243 e. The standard InChI is InChI=1S/C14H18N2O3S/c1-10-7-12(15)8-14(11(10)2)20(17,18)16(3)9-13-5-4-6-19-13/h4-8H,9,15H2,1-3H3. The maximum absolute atomic E-state index is 12.6. The third-order valence-corrected chi connectivity index (χ3v) is 5.22. The molecular weight excluding hydrogens is 276 g/mol. The highest BCUT2D eigenvalue weighted by atomic mass is 32.2. The van der Waals surface area contributed by atoms with Crippen molar-refractivity contribution >= 4 is 15.7 Å². The van der Waals surface area contributed by atoms with Gasteiger partial charge in [0.25, 0.3) is 0 Å². The van der Waals surface area contributed by atoms with Crippen LogP contribution in [0.2, 0.25) is 0 Å². The fraction of sp³-hybridized carbons (Fsp3) is 0.286. The van der Waals surface area contributed by atoms with Crippen molar-refractivity contribution in [3.63, 3.8) is 0 Å². The quantitative estimate of drug-likeness (QED) is 0.878. The molecule has 0 spiro atoms. The fourth-order valence-corrected chi connectivity index (χ4v) is 3.46. The zero-order valence-corrected chi connectivity index (χ0v) is 12.6. The second kappa shape index (κ2) is 5.30. The molecule has 1 heterocycles. The van der Waals surface area contributed by atoms with Gasteiger partial charge in [-0.05, 0) is 49.2 Å². The van der Waals surface area contributed by atoms with Crippen LogP contribution in [0.3, 0.4) is 0 Å². The Kier molecular flexibility index (Phi) is 3.87. The first-order valence-corrected chi connectivity index (χ1v) is 7.62. The van der Waals surface area contributed by atoms with Crippen LogP contribution in [0, 0.1) is 13.8 Å². The maximum atomic E-state index is 12.6. The number of sulfonamides is 1. The molecule has 0 amide bonds. The molecule has 2 rings (SSSR count). The minimum atomic E-state index is -3.60. The van der Waals surface area contributed by atoms with Gasteiger partial charge in [-0.3, -0.25) is 0 Å². The van der Waals surface area contributed by atoms with E-state index in [2.05, 4.69) is 0 Å². The van der Waals surface area contributed by atoms with Gasteiger partial charge in [-0.15, -0.1) is 0 Å². The first-order valence-electron chi connectivity index (χ1n) is 6.18. The third kappa shape index (κ3) is 2.71. The lowest BCUT2D eigenvalue weighted by Crippen LogP contribution is -2.27. The van der Waals surface area contributed by atoms with Crippen molar-refractivity contribution in [2.24, 2.45) is 0 Å². The fourth-order valence-electron chi connectivity index (χ4n) is 2.00. The molecule has 0 saturated heterocycles. The van der Waals surface area contributed by atoms with Gasteiger partial charge in [0.1, 0.15) is 5.76 Å². The number of aryl methyl sites for hydroxylation is 1. The van der Waals surface area contributed by atoms with Crippen molar-refractivity contribution in [3.8, 4) is 0 Å². The number of furan rings is 1. The first kappa shape index (κ1) is 14.6. The van der Waals surface area contributed by atoms with Crippen molar-refractivity contribution in [1.29, 1.82) is 0 Å². The van der Waals surface area contributed by atoms with Crippen molar-refractivity contribution in [2.45, 2.75) is 25.3 Å². The summed E-state index contributed by atoms with van der Waals surface area (Å²) in [5, 5.41) is 0. The Morgan fingerprint density at radius 1 is 1.30 bits per heavy atom. The van der Waals surface area contributed by atoms with E-state index in [1.807, 2.05) is 6.92 Å². The predicted molar refractivity (Wildman–Crippen MR) is 77.7 cm³/mol. The van der Waals surface area contributed by atoms with Gasteiger partial charge in [-0.1, -0.05) is 0 Å². The monoisotopic (exact) mass is 294 g/mol. The molecule has 0 aliphatic carbocycles. The van der Waals surface area contributed by atoms with Gasteiger partial charge in [0.2, 0.25) is 10.0 Å². The molecule has 0 aliphatic heterocycles. The van der Waals surface area contributed by atoms with E-state index >= 15 is 0 Å². The molecule has 0 fully saturated rings. The summed E-state index contributed by atoms with van der Waals surface area (Å²) in [5.74, 6) is 0.592. The van der Waals surface area contributed by atoms with Crippen molar-refractivity contribution < 1.29 is 12.8 Å². The van der Waals surface area contributed by atoms with E-state index < -0.39 is 10.0 Å². The Hall–Kier alpha value is -1.79. The van der Waals surface area contributed by atoms with Crippen LogP contribution in [0.15, 0.2) is 39.8 Å². The maximum Gasteiger partial charge on any atom is 0.243 e. The number of benzene rings is 1. The number of nitrogen functional groups attached to an aromatic ring is 1. The molecule has 0 atom stereocenters. The molecule has 2 N–H and O–H groups in total. The van der Waals surface area contributed by atoms with Crippen molar-refractivity contribution in [2.75, 3.05) is 12.8 Å². The van der Waals surface area contributed by atoms with Gasteiger partial charge in [-0.2, -0.15) is 4.31 Å². The van der Waals surface area contributed by atoms with E-state index in [1.54, 1.807) is 25.1 Å². The van der Waals surface area contributed by atoms with E-state index in [9.17, 15) is 8.42 Å². The molecular formula is C14H18N2O3S. The van der Waals surface area contributed by atoms with E-state index in [0.29, 0.717) is 17.0 Å². The zero-order valence-electron chi connectivity index (χ0n) is 11.8. The van der Waals surface area contributed by atoms with Crippen LogP contribution in [0.25, 0.3) is 0 Å². The summed E-state index contributed by atoms with van der Waals surface area (Å²) in [6.07, 6.45) is 1.52. The van der Waals surface area contributed by atoms with Gasteiger partial charge < -0.3 is 10.2 Å². The molecule has 0 saturated carbocycles. The van der Waals surface area contributed by atoms with Crippen LogP contribution in [0.4, 0.5) is 5.69 Å². The molecule has 20 heavy (non-hydrogen) atoms. The summed E-state index contributed by atoms with van der Waals surface area (Å²) in [5.41, 5.74) is 7.77. The lowest BCUT2D eigenvalue weighted by molar-refractivity contribution is 0.406. The summed E-state index contributed by atoms with van der Waals surface area (Å²) < 4.78 is 31.7. The molecule has 0 aliphatic rings. The van der Waals surface area contributed by atoms with Gasteiger partial charge in [0.15, 0.2) is 0 Å². The minimum Gasteiger partial charge on any atom is -0.468 e. The highest BCUT2D eigenvalue weighted by Gasteiger charge is 2.24. The number of nitrogens with zero attached hydrogens (tertiary/aromatic N) is 1. The molecule has 1 aromatic carbocycles. The summed E-state index contributed by atoms with van der Waals surface area (Å²) in [6, 6.07) is 6.73. The molecule has 0 bridgehead atoms. The highest BCUT2D eigenvalue weighted by Crippen LogP contribution is 2.25. The summed E-state index contributed by atoms with van der Waals surface area (Å²) in [6.45, 7) is 3.81. The Labute approximate surface area is 119 Å². The van der Waals surface area contributed by atoms with Gasteiger partial charge in [0, 0.05) is 12.7 Å². The third-order valence-electron chi connectivity index (χ3n) is 3.29. The number of anilines is 1. The normalized spacial score (nSPS) is 12.0. The molecule has 2 aromatic rings. The van der Waals surface area contributed by atoms with Gasteiger partial charge in [-0.25, -0.2) is 8.42 Å².